The minimum atomic E-state index is -0.494. The average molecular weight is 419 g/mol. The molecule has 0 bridgehead atoms. The lowest BCUT2D eigenvalue weighted by molar-refractivity contribution is -0.136. The summed E-state index contributed by atoms with van der Waals surface area (Å²) in [6, 6.07) is 5.12. The van der Waals surface area contributed by atoms with Crippen LogP contribution < -0.4 is 14.8 Å². The maximum atomic E-state index is 12.6. The van der Waals surface area contributed by atoms with Gasteiger partial charge in [-0.15, -0.1) is 5.10 Å². The molecule has 1 N–H and O–H groups in total. The van der Waals surface area contributed by atoms with Crippen LogP contribution in [0.15, 0.2) is 34.6 Å². The Morgan fingerprint density at radius 2 is 2.07 bits per heavy atom. The van der Waals surface area contributed by atoms with E-state index in [4.69, 9.17) is 14.2 Å². The van der Waals surface area contributed by atoms with Crippen molar-refractivity contribution in [1.29, 1.82) is 0 Å². The molecule has 1 atom stereocenters. The first kappa shape index (κ1) is 21.0. The van der Waals surface area contributed by atoms with Crippen LogP contribution in [0.4, 0.5) is 5.95 Å². The van der Waals surface area contributed by atoms with E-state index in [0.29, 0.717) is 40.5 Å². The van der Waals surface area contributed by atoms with Gasteiger partial charge in [0.15, 0.2) is 11.5 Å². The molecule has 1 aromatic heterocycles. The van der Waals surface area contributed by atoms with Crippen molar-refractivity contribution in [3.8, 4) is 11.5 Å². The van der Waals surface area contributed by atoms with Gasteiger partial charge in [0, 0.05) is 11.4 Å². The summed E-state index contributed by atoms with van der Waals surface area (Å²) in [5.41, 5.74) is 1.98. The summed E-state index contributed by atoms with van der Waals surface area (Å²) >= 11 is 1.58. The Morgan fingerprint density at radius 1 is 1.28 bits per heavy atom. The van der Waals surface area contributed by atoms with Gasteiger partial charge in [0.1, 0.15) is 6.04 Å². The molecular formula is C20H26N4O4S. The monoisotopic (exact) mass is 418 g/mol. The summed E-state index contributed by atoms with van der Waals surface area (Å²) in [5, 5.41) is 8.50. The van der Waals surface area contributed by atoms with Gasteiger partial charge in [0.05, 0.1) is 26.4 Å². The Labute approximate surface area is 174 Å². The number of carbonyl (C=O) groups is 1. The second-order valence-corrected chi connectivity index (χ2v) is 7.47. The summed E-state index contributed by atoms with van der Waals surface area (Å²) in [7, 11) is 2.96. The second kappa shape index (κ2) is 9.21. The van der Waals surface area contributed by atoms with Crippen LogP contribution in [0.5, 0.6) is 11.5 Å². The zero-order chi connectivity index (χ0) is 21.0. The lowest BCUT2D eigenvalue weighted by Gasteiger charge is -2.28. The van der Waals surface area contributed by atoms with Crippen molar-refractivity contribution in [3.63, 3.8) is 0 Å². The molecule has 0 saturated carbocycles. The molecule has 1 aliphatic heterocycles. The Bertz CT molecular complexity index is 925. The molecule has 2 aromatic rings. The summed E-state index contributed by atoms with van der Waals surface area (Å²) in [4.78, 5) is 17.2. The van der Waals surface area contributed by atoms with Crippen molar-refractivity contribution in [1.82, 2.24) is 14.8 Å². The third-order valence-corrected chi connectivity index (χ3v) is 5.52. The second-order valence-electron chi connectivity index (χ2n) is 6.41. The van der Waals surface area contributed by atoms with Gasteiger partial charge in [0.25, 0.3) is 0 Å². The largest absolute Gasteiger partial charge is 0.493 e. The predicted octanol–water partition coefficient (Wildman–Crippen LogP) is 3.65. The first-order chi connectivity index (χ1) is 14.0. The van der Waals surface area contributed by atoms with Gasteiger partial charge in [-0.3, -0.25) is 0 Å². The molecule has 8 nitrogen and oxygen atoms in total. The maximum Gasteiger partial charge on any atom is 0.338 e. The third-order valence-electron chi connectivity index (χ3n) is 4.48. The first-order valence-corrected chi connectivity index (χ1v) is 10.5. The minimum Gasteiger partial charge on any atom is -0.493 e. The molecule has 0 radical (unpaired) electrons. The van der Waals surface area contributed by atoms with E-state index in [9.17, 15) is 4.79 Å². The van der Waals surface area contributed by atoms with Crippen molar-refractivity contribution in [3.05, 3.63) is 35.0 Å². The quantitative estimate of drug-likeness (QED) is 0.513. The van der Waals surface area contributed by atoms with Gasteiger partial charge in [-0.1, -0.05) is 24.8 Å². The van der Waals surface area contributed by atoms with Crippen LogP contribution in [-0.4, -0.2) is 47.3 Å². The smallest absolute Gasteiger partial charge is 0.338 e. The van der Waals surface area contributed by atoms with Crippen LogP contribution in [0.25, 0.3) is 0 Å². The van der Waals surface area contributed by atoms with E-state index in [1.165, 1.54) is 7.11 Å². The Hall–Kier alpha value is -2.68. The fourth-order valence-corrected chi connectivity index (χ4v) is 3.88. The topological polar surface area (TPSA) is 87.5 Å². The van der Waals surface area contributed by atoms with Crippen LogP contribution in [-0.2, 0) is 9.53 Å². The molecule has 0 amide bonds. The van der Waals surface area contributed by atoms with E-state index < -0.39 is 12.0 Å². The van der Waals surface area contributed by atoms with Crippen LogP contribution in [0, 0.1) is 0 Å². The van der Waals surface area contributed by atoms with E-state index >= 15 is 0 Å². The van der Waals surface area contributed by atoms with Crippen LogP contribution >= 0.6 is 11.8 Å². The minimum absolute atomic E-state index is 0.420. The maximum absolute atomic E-state index is 12.6. The average Bonchev–Trinajstić information content (AvgIpc) is 3.13. The molecule has 156 valence electrons. The number of anilines is 1. The number of hydrogen-bond acceptors (Lipinski definition) is 8. The number of nitrogens with zero attached hydrogens (tertiary/aromatic N) is 3. The lowest BCUT2D eigenvalue weighted by Crippen LogP contribution is -2.29. The highest BCUT2D eigenvalue weighted by Gasteiger charge is 2.35. The van der Waals surface area contributed by atoms with E-state index in [1.54, 1.807) is 23.6 Å². The highest BCUT2D eigenvalue weighted by atomic mass is 32.2. The van der Waals surface area contributed by atoms with E-state index in [2.05, 4.69) is 22.3 Å². The number of aromatic nitrogens is 3. The molecule has 0 fully saturated rings. The van der Waals surface area contributed by atoms with Gasteiger partial charge >= 0.3 is 5.97 Å². The molecule has 2 heterocycles. The number of nitrogens with one attached hydrogen (secondary N) is 1. The van der Waals surface area contributed by atoms with Crippen molar-refractivity contribution in [2.75, 3.05) is 31.9 Å². The first-order valence-electron chi connectivity index (χ1n) is 9.50. The number of fused-ring (bicyclic) bond motifs is 1. The number of thioether (sulfide) groups is 1. The highest BCUT2D eigenvalue weighted by Crippen LogP contribution is 2.39. The number of carbonyl (C=O) groups excluding carboxylic acids is 1. The summed E-state index contributed by atoms with van der Waals surface area (Å²) in [6.07, 6.45) is 1.02. The van der Waals surface area contributed by atoms with Gasteiger partial charge in [-0.25, -0.2) is 9.48 Å². The van der Waals surface area contributed by atoms with Crippen molar-refractivity contribution in [2.24, 2.45) is 0 Å². The normalized spacial score (nSPS) is 15.6. The Balaban J connectivity index is 2.12. The summed E-state index contributed by atoms with van der Waals surface area (Å²) in [6.45, 7) is 6.39. The number of hydrogen-bond donors (Lipinski definition) is 1. The van der Waals surface area contributed by atoms with Crippen molar-refractivity contribution < 1.29 is 19.0 Å². The molecule has 9 heteroatoms. The van der Waals surface area contributed by atoms with Crippen molar-refractivity contribution in [2.45, 2.75) is 38.4 Å². The Kier molecular flexibility index (Phi) is 6.68. The molecule has 1 aromatic carbocycles. The van der Waals surface area contributed by atoms with E-state index in [0.717, 1.165) is 17.7 Å². The van der Waals surface area contributed by atoms with Crippen molar-refractivity contribution >= 4 is 23.7 Å². The zero-order valence-electron chi connectivity index (χ0n) is 17.3. The molecule has 3 rings (SSSR count). The van der Waals surface area contributed by atoms with E-state index in [1.807, 2.05) is 32.0 Å². The summed E-state index contributed by atoms with van der Waals surface area (Å²) in [5.74, 6) is 2.32. The molecule has 0 saturated heterocycles. The fourth-order valence-electron chi connectivity index (χ4n) is 3.20. The van der Waals surface area contributed by atoms with Crippen LogP contribution in [0.2, 0.25) is 0 Å². The summed E-state index contributed by atoms with van der Waals surface area (Å²) < 4.78 is 17.9. The number of esters is 1. The lowest BCUT2D eigenvalue weighted by atomic mass is 9.95. The van der Waals surface area contributed by atoms with Gasteiger partial charge < -0.3 is 19.5 Å². The molecule has 1 unspecified atom stereocenters. The number of ether oxygens (including phenoxy) is 3. The molecule has 0 aliphatic carbocycles. The molecule has 0 spiro atoms. The highest BCUT2D eigenvalue weighted by molar-refractivity contribution is 7.99. The molecule has 1 aliphatic rings. The standard InChI is InChI=1S/C20H26N4O4S/c1-6-10-29-20-22-19-21-12(3)16(18(25)27-5)17(24(19)23-20)13-8-9-14(28-7-2)15(11-13)26-4/h8-9,11,17H,6-7,10H2,1-5H3,(H,21,22,23). The van der Waals surface area contributed by atoms with Gasteiger partial charge in [0.2, 0.25) is 11.1 Å². The third kappa shape index (κ3) is 4.19. The number of benzene rings is 1. The van der Waals surface area contributed by atoms with Crippen LogP contribution in [0.1, 0.15) is 38.8 Å². The van der Waals surface area contributed by atoms with Gasteiger partial charge in [-0.2, -0.15) is 4.98 Å². The van der Waals surface area contributed by atoms with E-state index in [-0.39, 0.29) is 0 Å². The number of methoxy groups -OCH3 is 2. The Morgan fingerprint density at radius 3 is 2.72 bits per heavy atom. The molecule has 29 heavy (non-hydrogen) atoms. The number of allylic oxidation sites excluding steroid dienone is 1. The predicted molar refractivity (Wildman–Crippen MR) is 112 cm³/mol. The number of rotatable bonds is 8. The zero-order valence-corrected chi connectivity index (χ0v) is 18.1. The van der Waals surface area contributed by atoms with Gasteiger partial charge in [-0.05, 0) is 38.0 Å². The SMILES string of the molecule is CCCSc1nc2n(n1)C(c1ccc(OCC)c(OC)c1)C(C(=O)OC)=C(C)N2. The van der Waals surface area contributed by atoms with Crippen LogP contribution in [0.3, 0.4) is 0 Å². The fraction of sp³-hybridized carbons (Fsp3) is 0.450. The molecular weight excluding hydrogens is 392 g/mol.